The highest BCUT2D eigenvalue weighted by atomic mass is 35.5. The van der Waals surface area contributed by atoms with Crippen LogP contribution in [0.2, 0.25) is 5.02 Å². The van der Waals surface area contributed by atoms with Crippen LogP contribution in [0.4, 0.5) is 0 Å². The average Bonchev–Trinajstić information content (AvgIpc) is 2.30. The van der Waals surface area contributed by atoms with Crippen molar-refractivity contribution in [3.05, 3.63) is 34.9 Å². The van der Waals surface area contributed by atoms with Crippen LogP contribution in [0.1, 0.15) is 37.7 Å². The SMILES string of the molecule is O=CC1(c2ccccc2Cl)CCCCC1. The van der Waals surface area contributed by atoms with E-state index < -0.39 is 0 Å². The third-order valence-corrected chi connectivity index (χ3v) is 3.71. The Hall–Kier alpha value is -0.820. The molecule has 0 aromatic heterocycles. The number of rotatable bonds is 2. The minimum atomic E-state index is -0.309. The first-order chi connectivity index (χ1) is 7.28. The van der Waals surface area contributed by atoms with Gasteiger partial charge < -0.3 is 4.79 Å². The van der Waals surface area contributed by atoms with E-state index in [1.807, 2.05) is 24.3 Å². The first-order valence-electron chi connectivity index (χ1n) is 5.50. The molecule has 0 atom stereocenters. The third-order valence-electron chi connectivity index (χ3n) is 3.38. The number of halogens is 1. The zero-order chi connectivity index (χ0) is 10.7. The lowest BCUT2D eigenvalue weighted by Gasteiger charge is -2.33. The summed E-state index contributed by atoms with van der Waals surface area (Å²) in [4.78, 5) is 11.4. The van der Waals surface area contributed by atoms with E-state index in [0.29, 0.717) is 0 Å². The van der Waals surface area contributed by atoms with Gasteiger partial charge >= 0.3 is 0 Å². The van der Waals surface area contributed by atoms with Gasteiger partial charge in [-0.2, -0.15) is 0 Å². The number of carbonyl (C=O) groups excluding carboxylic acids is 1. The minimum Gasteiger partial charge on any atom is -0.302 e. The summed E-state index contributed by atoms with van der Waals surface area (Å²) in [6, 6.07) is 7.73. The molecule has 2 heteroatoms. The minimum absolute atomic E-state index is 0.309. The van der Waals surface area contributed by atoms with E-state index in [4.69, 9.17) is 11.6 Å². The summed E-state index contributed by atoms with van der Waals surface area (Å²) < 4.78 is 0. The van der Waals surface area contributed by atoms with Crippen LogP contribution >= 0.6 is 11.6 Å². The van der Waals surface area contributed by atoms with E-state index in [1.165, 1.54) is 6.42 Å². The molecule has 1 aromatic rings. The predicted molar refractivity (Wildman–Crippen MR) is 62.3 cm³/mol. The normalized spacial score (nSPS) is 19.8. The second kappa shape index (κ2) is 4.36. The molecule has 1 aromatic carbocycles. The van der Waals surface area contributed by atoms with Gasteiger partial charge in [0.2, 0.25) is 0 Å². The molecular formula is C13H15ClO. The molecule has 0 unspecified atom stereocenters. The topological polar surface area (TPSA) is 17.1 Å². The Morgan fingerprint density at radius 2 is 1.80 bits per heavy atom. The van der Waals surface area contributed by atoms with Crippen LogP contribution in [-0.4, -0.2) is 6.29 Å². The lowest BCUT2D eigenvalue weighted by atomic mass is 9.70. The molecule has 1 nitrogen and oxygen atoms in total. The summed E-state index contributed by atoms with van der Waals surface area (Å²) in [5.74, 6) is 0. The van der Waals surface area contributed by atoms with Crippen molar-refractivity contribution in [1.29, 1.82) is 0 Å². The van der Waals surface area contributed by atoms with Crippen LogP contribution in [-0.2, 0) is 10.2 Å². The lowest BCUT2D eigenvalue weighted by Crippen LogP contribution is -2.30. The highest BCUT2D eigenvalue weighted by Crippen LogP contribution is 2.40. The fraction of sp³-hybridized carbons (Fsp3) is 0.462. The standard InChI is InChI=1S/C13H15ClO/c14-12-7-3-2-6-11(12)13(10-15)8-4-1-5-9-13/h2-3,6-7,10H,1,4-5,8-9H2. The Kier molecular flexibility index (Phi) is 3.11. The Morgan fingerprint density at radius 1 is 1.13 bits per heavy atom. The van der Waals surface area contributed by atoms with Gasteiger partial charge in [-0.15, -0.1) is 0 Å². The zero-order valence-corrected chi connectivity index (χ0v) is 9.46. The number of hydrogen-bond donors (Lipinski definition) is 0. The Labute approximate surface area is 95.4 Å². The number of aldehydes is 1. The molecule has 0 saturated heterocycles. The van der Waals surface area contributed by atoms with Crippen LogP contribution in [0, 0.1) is 0 Å². The fourth-order valence-electron chi connectivity index (χ4n) is 2.50. The molecule has 80 valence electrons. The van der Waals surface area contributed by atoms with E-state index in [0.717, 1.165) is 42.6 Å². The molecule has 1 fully saturated rings. The lowest BCUT2D eigenvalue weighted by molar-refractivity contribution is -0.113. The smallest absolute Gasteiger partial charge is 0.130 e. The van der Waals surface area contributed by atoms with Gasteiger partial charge in [0.05, 0.1) is 5.41 Å². The molecule has 0 spiro atoms. The van der Waals surface area contributed by atoms with Gasteiger partial charge in [0.1, 0.15) is 6.29 Å². The second-order valence-corrected chi connectivity index (χ2v) is 4.72. The van der Waals surface area contributed by atoms with Crippen molar-refractivity contribution in [1.82, 2.24) is 0 Å². The highest BCUT2D eigenvalue weighted by molar-refractivity contribution is 6.31. The maximum atomic E-state index is 11.4. The van der Waals surface area contributed by atoms with Gasteiger partial charge in [0, 0.05) is 5.02 Å². The average molecular weight is 223 g/mol. The van der Waals surface area contributed by atoms with Gasteiger partial charge in [0.25, 0.3) is 0 Å². The maximum Gasteiger partial charge on any atom is 0.130 e. The number of benzene rings is 1. The van der Waals surface area contributed by atoms with E-state index in [2.05, 4.69) is 0 Å². The first-order valence-corrected chi connectivity index (χ1v) is 5.88. The fourth-order valence-corrected chi connectivity index (χ4v) is 2.82. The van der Waals surface area contributed by atoms with E-state index in [9.17, 15) is 4.79 Å². The van der Waals surface area contributed by atoms with Gasteiger partial charge in [-0.3, -0.25) is 0 Å². The second-order valence-electron chi connectivity index (χ2n) is 4.31. The summed E-state index contributed by atoms with van der Waals surface area (Å²) >= 11 is 6.17. The van der Waals surface area contributed by atoms with Crippen LogP contribution < -0.4 is 0 Å². The van der Waals surface area contributed by atoms with Crippen LogP contribution in [0.25, 0.3) is 0 Å². The van der Waals surface area contributed by atoms with E-state index >= 15 is 0 Å². The predicted octanol–water partition coefficient (Wildman–Crippen LogP) is 3.74. The molecule has 0 aliphatic heterocycles. The number of carbonyl (C=O) groups is 1. The molecule has 1 saturated carbocycles. The summed E-state index contributed by atoms with van der Waals surface area (Å²) in [6.45, 7) is 0. The largest absolute Gasteiger partial charge is 0.302 e. The van der Waals surface area contributed by atoms with E-state index in [-0.39, 0.29) is 5.41 Å². The molecule has 2 rings (SSSR count). The monoisotopic (exact) mass is 222 g/mol. The summed E-state index contributed by atoms with van der Waals surface area (Å²) in [6.07, 6.45) is 6.49. The molecule has 15 heavy (non-hydrogen) atoms. The van der Waals surface area contributed by atoms with Crippen LogP contribution in [0.15, 0.2) is 24.3 Å². The summed E-state index contributed by atoms with van der Waals surface area (Å²) in [5, 5.41) is 0.728. The summed E-state index contributed by atoms with van der Waals surface area (Å²) in [5.41, 5.74) is 0.706. The number of hydrogen-bond acceptors (Lipinski definition) is 1. The van der Waals surface area contributed by atoms with Gasteiger partial charge in [-0.1, -0.05) is 49.1 Å². The van der Waals surface area contributed by atoms with Crippen molar-refractivity contribution in [2.45, 2.75) is 37.5 Å². The van der Waals surface area contributed by atoms with Gasteiger partial charge in [-0.05, 0) is 24.5 Å². The molecule has 0 N–H and O–H groups in total. The highest BCUT2D eigenvalue weighted by Gasteiger charge is 2.34. The van der Waals surface area contributed by atoms with Gasteiger partial charge in [-0.25, -0.2) is 0 Å². The summed E-state index contributed by atoms with van der Waals surface area (Å²) in [7, 11) is 0. The molecule has 0 heterocycles. The van der Waals surface area contributed by atoms with Crippen molar-refractivity contribution in [2.24, 2.45) is 0 Å². The third kappa shape index (κ3) is 1.93. The Morgan fingerprint density at radius 3 is 2.40 bits per heavy atom. The van der Waals surface area contributed by atoms with Crippen molar-refractivity contribution in [3.8, 4) is 0 Å². The quantitative estimate of drug-likeness (QED) is 0.697. The Bertz CT molecular complexity index is 353. The van der Waals surface area contributed by atoms with Crippen molar-refractivity contribution < 1.29 is 4.79 Å². The van der Waals surface area contributed by atoms with Crippen molar-refractivity contribution in [2.75, 3.05) is 0 Å². The Balaban J connectivity index is 2.41. The molecule has 1 aliphatic rings. The first kappa shape index (κ1) is 10.7. The molecule has 1 aliphatic carbocycles. The molecule has 0 amide bonds. The van der Waals surface area contributed by atoms with Crippen molar-refractivity contribution in [3.63, 3.8) is 0 Å². The molecule has 0 bridgehead atoms. The zero-order valence-electron chi connectivity index (χ0n) is 8.71. The van der Waals surface area contributed by atoms with Gasteiger partial charge in [0.15, 0.2) is 0 Å². The molecular weight excluding hydrogens is 208 g/mol. The van der Waals surface area contributed by atoms with Crippen molar-refractivity contribution >= 4 is 17.9 Å². The maximum absolute atomic E-state index is 11.4. The van der Waals surface area contributed by atoms with Crippen LogP contribution in [0.5, 0.6) is 0 Å². The molecule has 0 radical (unpaired) electrons. The van der Waals surface area contributed by atoms with Crippen LogP contribution in [0.3, 0.4) is 0 Å². The van der Waals surface area contributed by atoms with E-state index in [1.54, 1.807) is 0 Å².